The molecular weight excluding hydrogens is 422 g/mol. The van der Waals surface area contributed by atoms with Gasteiger partial charge in [0.25, 0.3) is 11.6 Å². The van der Waals surface area contributed by atoms with Gasteiger partial charge in [0.2, 0.25) is 0 Å². The normalized spacial score (nSPS) is 15.3. The van der Waals surface area contributed by atoms with E-state index in [2.05, 4.69) is 5.32 Å². The molecule has 0 aliphatic carbocycles. The summed E-state index contributed by atoms with van der Waals surface area (Å²) in [7, 11) is -3.21. The monoisotopic (exact) mass is 435 g/mol. The second-order valence-electron chi connectivity index (χ2n) is 5.57. The molecule has 3 rings (SSSR count). The predicted octanol–water partition coefficient (Wildman–Crippen LogP) is 2.51. The van der Waals surface area contributed by atoms with Gasteiger partial charge in [0.05, 0.1) is 16.9 Å². The maximum absolute atomic E-state index is 12.6. The highest BCUT2D eigenvalue weighted by Crippen LogP contribution is 2.34. The Balaban J connectivity index is 1.94. The average molecular weight is 435 g/mol. The number of nitro benzene ring substituents is 1. The average Bonchev–Trinajstić information content (AvgIpc) is 2.99. The molecule has 29 heavy (non-hydrogen) atoms. The van der Waals surface area contributed by atoms with E-state index in [0.29, 0.717) is 10.5 Å². The molecule has 0 spiro atoms. The van der Waals surface area contributed by atoms with Crippen LogP contribution in [0.4, 0.5) is 5.69 Å². The molecule has 10 nitrogen and oxygen atoms in total. The topological polar surface area (TPSA) is 149 Å². The number of carbonyl (C=O) groups is 1. The molecule has 12 heteroatoms. The molecule has 1 amide bonds. The Bertz CT molecular complexity index is 1160. The summed E-state index contributed by atoms with van der Waals surface area (Å²) in [5.41, 5.74) is -0.107. The number of hydrogen-bond donors (Lipinski definition) is 2. The van der Waals surface area contributed by atoms with E-state index in [-0.39, 0.29) is 16.7 Å². The lowest BCUT2D eigenvalue weighted by atomic mass is 10.2. The molecule has 0 saturated carbocycles. The number of amides is 1. The first-order chi connectivity index (χ1) is 13.7. The van der Waals surface area contributed by atoms with Crippen LogP contribution in [0.1, 0.15) is 5.56 Å². The summed E-state index contributed by atoms with van der Waals surface area (Å²) in [6.45, 7) is 0. The van der Waals surface area contributed by atoms with Crippen molar-refractivity contribution in [3.8, 4) is 11.5 Å². The van der Waals surface area contributed by atoms with E-state index in [1.165, 1.54) is 43.5 Å². The number of para-hydroxylation sites is 1. The summed E-state index contributed by atoms with van der Waals surface area (Å²) in [5.74, 6) is -0.553. The van der Waals surface area contributed by atoms with Gasteiger partial charge in [0.1, 0.15) is 0 Å². The van der Waals surface area contributed by atoms with Crippen molar-refractivity contribution in [1.29, 1.82) is 5.41 Å². The van der Waals surface area contributed by atoms with Gasteiger partial charge in [0.15, 0.2) is 21.6 Å². The molecule has 0 radical (unpaired) electrons. The summed E-state index contributed by atoms with van der Waals surface area (Å²) < 4.78 is 35.4. The van der Waals surface area contributed by atoms with Gasteiger partial charge >= 0.3 is 10.1 Å². The van der Waals surface area contributed by atoms with Crippen molar-refractivity contribution in [3.63, 3.8) is 0 Å². The van der Waals surface area contributed by atoms with Gasteiger partial charge in [-0.05, 0) is 41.6 Å². The van der Waals surface area contributed by atoms with Crippen molar-refractivity contribution in [3.05, 3.63) is 63.0 Å². The minimum Gasteiger partial charge on any atom is -0.493 e. The number of nitrogens with one attached hydrogen (secondary N) is 2. The van der Waals surface area contributed by atoms with Crippen LogP contribution in [0.3, 0.4) is 0 Å². The number of rotatable bonds is 6. The standard InChI is InChI=1S/C17H13N3O7S2/c1-26-13-8-10(9-14-16(21)19-17(18)28-14)6-7-12(13)27-29(24,25)15-5-3-2-4-11(15)20(22)23/h2-9H,1H3,(H2,18,19,21)/b14-9-. The summed E-state index contributed by atoms with van der Waals surface area (Å²) in [4.78, 5) is 21.7. The Kier molecular flexibility index (Phi) is 5.57. The molecule has 1 aliphatic heterocycles. The summed E-state index contributed by atoms with van der Waals surface area (Å²) in [6.07, 6.45) is 1.50. The number of nitrogens with zero attached hydrogens (tertiary/aromatic N) is 1. The molecule has 1 fully saturated rings. The van der Waals surface area contributed by atoms with Crippen molar-refractivity contribution < 1.29 is 27.1 Å². The number of carbonyl (C=O) groups excluding carboxylic acids is 1. The number of methoxy groups -OCH3 is 1. The third kappa shape index (κ3) is 4.38. The van der Waals surface area contributed by atoms with E-state index in [1.807, 2.05) is 0 Å². The highest BCUT2D eigenvalue weighted by molar-refractivity contribution is 8.18. The number of hydrogen-bond acceptors (Lipinski definition) is 9. The molecule has 0 aromatic heterocycles. The quantitative estimate of drug-likeness (QED) is 0.304. The first-order valence-electron chi connectivity index (χ1n) is 7.86. The summed E-state index contributed by atoms with van der Waals surface area (Å²) in [6, 6.07) is 9.05. The third-order valence-corrected chi connectivity index (χ3v) is 5.79. The maximum atomic E-state index is 12.6. The lowest BCUT2D eigenvalue weighted by molar-refractivity contribution is -0.387. The fourth-order valence-electron chi connectivity index (χ4n) is 2.42. The van der Waals surface area contributed by atoms with Crippen LogP contribution >= 0.6 is 11.8 Å². The molecule has 0 bridgehead atoms. The predicted molar refractivity (Wildman–Crippen MR) is 105 cm³/mol. The SMILES string of the molecule is COc1cc(/C=C2\SC(=N)NC2=O)ccc1OS(=O)(=O)c1ccccc1[N+](=O)[O-]. The number of amidine groups is 1. The van der Waals surface area contributed by atoms with Crippen molar-refractivity contribution >= 4 is 44.7 Å². The molecule has 0 unspecified atom stereocenters. The van der Waals surface area contributed by atoms with Crippen LogP contribution < -0.4 is 14.2 Å². The Morgan fingerprint density at radius 2 is 1.93 bits per heavy atom. The van der Waals surface area contributed by atoms with Crippen LogP contribution in [0, 0.1) is 15.5 Å². The first-order valence-corrected chi connectivity index (χ1v) is 10.1. The van der Waals surface area contributed by atoms with Crippen molar-refractivity contribution in [2.45, 2.75) is 4.90 Å². The number of nitro groups is 1. The lowest BCUT2D eigenvalue weighted by Crippen LogP contribution is -2.18. The zero-order valence-electron chi connectivity index (χ0n) is 14.7. The van der Waals surface area contributed by atoms with E-state index < -0.39 is 31.5 Å². The van der Waals surface area contributed by atoms with E-state index in [9.17, 15) is 23.3 Å². The number of thioether (sulfide) groups is 1. The maximum Gasteiger partial charge on any atom is 0.346 e. The largest absolute Gasteiger partial charge is 0.493 e. The Labute approximate surface area is 169 Å². The molecule has 150 valence electrons. The summed E-state index contributed by atoms with van der Waals surface area (Å²) >= 11 is 0.950. The highest BCUT2D eigenvalue weighted by Gasteiger charge is 2.28. The zero-order valence-corrected chi connectivity index (χ0v) is 16.4. The number of benzene rings is 2. The fraction of sp³-hybridized carbons (Fsp3) is 0.0588. The van der Waals surface area contributed by atoms with Gasteiger partial charge < -0.3 is 14.2 Å². The van der Waals surface area contributed by atoms with Gasteiger partial charge in [0, 0.05) is 6.07 Å². The van der Waals surface area contributed by atoms with Crippen molar-refractivity contribution in [2.75, 3.05) is 7.11 Å². The smallest absolute Gasteiger partial charge is 0.346 e. The zero-order chi connectivity index (χ0) is 21.2. The second kappa shape index (κ2) is 7.93. The van der Waals surface area contributed by atoms with E-state index in [4.69, 9.17) is 14.3 Å². The van der Waals surface area contributed by atoms with E-state index >= 15 is 0 Å². The van der Waals surface area contributed by atoms with Crippen molar-refractivity contribution in [1.82, 2.24) is 5.32 Å². The van der Waals surface area contributed by atoms with Crippen LogP contribution in [0.15, 0.2) is 52.3 Å². The van der Waals surface area contributed by atoms with Gasteiger partial charge in [-0.3, -0.25) is 20.3 Å². The molecule has 2 aromatic carbocycles. The highest BCUT2D eigenvalue weighted by atomic mass is 32.2. The third-order valence-electron chi connectivity index (χ3n) is 3.68. The van der Waals surface area contributed by atoms with E-state index in [1.54, 1.807) is 0 Å². The fourth-order valence-corrected chi connectivity index (χ4v) is 4.23. The van der Waals surface area contributed by atoms with E-state index in [0.717, 1.165) is 23.9 Å². The summed E-state index contributed by atoms with van der Waals surface area (Å²) in [5, 5.41) is 20.9. The molecular formula is C17H13N3O7S2. The molecule has 2 N–H and O–H groups in total. The van der Waals surface area contributed by atoms with Crippen LogP contribution in [0.2, 0.25) is 0 Å². The van der Waals surface area contributed by atoms with Crippen LogP contribution in [-0.2, 0) is 14.9 Å². The molecule has 1 aliphatic rings. The van der Waals surface area contributed by atoms with Gasteiger partial charge in [-0.1, -0.05) is 18.2 Å². The first kappa shape index (κ1) is 20.4. The van der Waals surface area contributed by atoms with Crippen LogP contribution in [-0.4, -0.2) is 31.5 Å². The molecule has 1 saturated heterocycles. The number of ether oxygens (including phenoxy) is 1. The van der Waals surface area contributed by atoms with Crippen molar-refractivity contribution in [2.24, 2.45) is 0 Å². The minimum absolute atomic E-state index is 0.00344. The molecule has 2 aromatic rings. The lowest BCUT2D eigenvalue weighted by Gasteiger charge is -2.11. The van der Waals surface area contributed by atoms with Gasteiger partial charge in [-0.25, -0.2) is 0 Å². The Morgan fingerprint density at radius 1 is 1.21 bits per heavy atom. The van der Waals surface area contributed by atoms with Crippen LogP contribution in [0.25, 0.3) is 6.08 Å². The van der Waals surface area contributed by atoms with Gasteiger partial charge in [-0.2, -0.15) is 8.42 Å². The Hall–Kier alpha value is -3.38. The van der Waals surface area contributed by atoms with Crippen LogP contribution in [0.5, 0.6) is 11.5 Å². The minimum atomic E-state index is -4.51. The Morgan fingerprint density at radius 3 is 2.55 bits per heavy atom. The molecule has 0 atom stereocenters. The second-order valence-corrected chi connectivity index (χ2v) is 8.13. The molecule has 1 heterocycles. The van der Waals surface area contributed by atoms with Gasteiger partial charge in [-0.15, -0.1) is 0 Å².